The number of anilines is 1. The van der Waals surface area contributed by atoms with Crippen LogP contribution in [0.1, 0.15) is 42.5 Å². The second-order valence-electron chi connectivity index (χ2n) is 7.80. The molecule has 0 aliphatic heterocycles. The predicted molar refractivity (Wildman–Crippen MR) is 133 cm³/mol. The van der Waals surface area contributed by atoms with Crippen LogP contribution in [0.15, 0.2) is 41.3 Å². The van der Waals surface area contributed by atoms with Gasteiger partial charge in [-0.05, 0) is 61.5 Å². The summed E-state index contributed by atoms with van der Waals surface area (Å²) in [6.07, 6.45) is 4.94. The Labute approximate surface area is 205 Å². The van der Waals surface area contributed by atoms with Crippen molar-refractivity contribution >= 4 is 38.9 Å². The van der Waals surface area contributed by atoms with Crippen LogP contribution in [-0.2, 0) is 10.0 Å². The normalized spacial score (nSPS) is 14.2. The summed E-state index contributed by atoms with van der Waals surface area (Å²) < 4.78 is 43.9. The van der Waals surface area contributed by atoms with E-state index in [4.69, 9.17) is 26.4 Å². The third-order valence-electron chi connectivity index (χ3n) is 5.50. The summed E-state index contributed by atoms with van der Waals surface area (Å²) in [6, 6.07) is 9.18. The summed E-state index contributed by atoms with van der Waals surface area (Å²) in [5.41, 5.74) is 0.792. The number of sulfonamides is 1. The van der Waals surface area contributed by atoms with Gasteiger partial charge in [0.25, 0.3) is 5.91 Å². The van der Waals surface area contributed by atoms with E-state index in [1.165, 1.54) is 45.6 Å². The van der Waals surface area contributed by atoms with E-state index in [9.17, 15) is 13.2 Å². The van der Waals surface area contributed by atoms with Gasteiger partial charge >= 0.3 is 0 Å². The Hall–Kier alpha value is -2.89. The molecule has 1 saturated carbocycles. The molecule has 0 bridgehead atoms. The molecule has 0 unspecified atom stereocenters. The van der Waals surface area contributed by atoms with E-state index in [1.807, 2.05) is 0 Å². The molecule has 0 saturated heterocycles. The van der Waals surface area contributed by atoms with Gasteiger partial charge in [0.05, 0.1) is 26.2 Å². The maximum absolute atomic E-state index is 12.7. The summed E-state index contributed by atoms with van der Waals surface area (Å²) in [4.78, 5) is 12.9. The SMILES string of the molecule is COc1cc(C(=O)NC(=S)Nc2ccc(S(=O)(=O)NC3CCCCC3)cc2)cc(OC)c1OC. The minimum Gasteiger partial charge on any atom is -0.493 e. The smallest absolute Gasteiger partial charge is 0.257 e. The molecule has 2 aromatic carbocycles. The van der Waals surface area contributed by atoms with Gasteiger partial charge in [0.15, 0.2) is 16.6 Å². The van der Waals surface area contributed by atoms with E-state index in [1.54, 1.807) is 12.1 Å². The van der Waals surface area contributed by atoms with E-state index in [0.29, 0.717) is 22.9 Å². The summed E-state index contributed by atoms with van der Waals surface area (Å²) in [7, 11) is 0.796. The molecule has 3 N–H and O–H groups in total. The highest BCUT2D eigenvalue weighted by molar-refractivity contribution is 7.89. The Balaban J connectivity index is 1.63. The quantitative estimate of drug-likeness (QED) is 0.466. The van der Waals surface area contributed by atoms with Gasteiger partial charge in [-0.25, -0.2) is 13.1 Å². The standard InChI is InChI=1S/C23H29N3O6S2/c1-30-19-13-15(14-20(31-2)21(19)32-3)22(27)25-23(33)24-16-9-11-18(12-10-16)34(28,29)26-17-7-5-4-6-8-17/h9-14,17,26H,4-8H2,1-3H3,(H2,24,25,27,33). The molecule has 2 aromatic rings. The molecule has 11 heteroatoms. The number of carbonyl (C=O) groups is 1. The second-order valence-corrected chi connectivity index (χ2v) is 9.93. The minimum atomic E-state index is -3.59. The molecule has 1 amide bonds. The van der Waals surface area contributed by atoms with E-state index in [-0.39, 0.29) is 21.6 Å². The zero-order valence-corrected chi connectivity index (χ0v) is 21.0. The minimum absolute atomic E-state index is 0.0189. The zero-order valence-electron chi connectivity index (χ0n) is 19.3. The number of amides is 1. The maximum Gasteiger partial charge on any atom is 0.257 e. The molecule has 3 rings (SSSR count). The molecule has 1 aliphatic carbocycles. The lowest BCUT2D eigenvalue weighted by Gasteiger charge is -2.22. The lowest BCUT2D eigenvalue weighted by atomic mass is 9.96. The first-order valence-electron chi connectivity index (χ1n) is 10.8. The van der Waals surface area contributed by atoms with E-state index >= 15 is 0 Å². The Bertz CT molecular complexity index is 1100. The fourth-order valence-corrected chi connectivity index (χ4v) is 5.29. The van der Waals surface area contributed by atoms with E-state index in [0.717, 1.165) is 32.1 Å². The van der Waals surface area contributed by atoms with Crippen molar-refractivity contribution in [2.45, 2.75) is 43.0 Å². The number of rotatable bonds is 8. The number of hydrogen-bond donors (Lipinski definition) is 3. The van der Waals surface area contributed by atoms with Crippen LogP contribution >= 0.6 is 12.2 Å². The molecular weight excluding hydrogens is 478 g/mol. The van der Waals surface area contributed by atoms with E-state index in [2.05, 4.69) is 15.4 Å². The molecule has 184 valence electrons. The number of hydrogen-bond acceptors (Lipinski definition) is 7. The summed E-state index contributed by atoms with van der Waals surface area (Å²) >= 11 is 5.24. The number of ether oxygens (including phenoxy) is 3. The van der Waals surface area contributed by atoms with Crippen molar-refractivity contribution in [3.8, 4) is 17.2 Å². The highest BCUT2D eigenvalue weighted by atomic mass is 32.2. The van der Waals surface area contributed by atoms with Crippen molar-refractivity contribution in [2.75, 3.05) is 26.6 Å². The molecule has 0 radical (unpaired) electrons. The summed E-state index contributed by atoms with van der Waals surface area (Å²) in [6.45, 7) is 0. The third-order valence-corrected chi connectivity index (χ3v) is 7.24. The van der Waals surface area contributed by atoms with Gasteiger partial charge in [-0.1, -0.05) is 19.3 Å². The van der Waals surface area contributed by atoms with Crippen molar-refractivity contribution in [3.63, 3.8) is 0 Å². The van der Waals surface area contributed by atoms with E-state index < -0.39 is 15.9 Å². The Kier molecular flexibility index (Phi) is 8.70. The number of benzene rings is 2. The molecule has 0 spiro atoms. The lowest BCUT2D eigenvalue weighted by molar-refractivity contribution is 0.0977. The van der Waals surface area contributed by atoms with Gasteiger partial charge in [-0.15, -0.1) is 0 Å². The largest absolute Gasteiger partial charge is 0.493 e. The molecule has 0 heterocycles. The van der Waals surface area contributed by atoms with Crippen molar-refractivity contribution in [1.29, 1.82) is 0 Å². The third kappa shape index (κ3) is 6.37. The van der Waals surface area contributed by atoms with Crippen molar-refractivity contribution in [2.24, 2.45) is 0 Å². The lowest BCUT2D eigenvalue weighted by Crippen LogP contribution is -2.36. The van der Waals surface area contributed by atoms with Crippen molar-refractivity contribution in [1.82, 2.24) is 10.0 Å². The number of carbonyl (C=O) groups excluding carboxylic acids is 1. The first kappa shape index (κ1) is 25.7. The van der Waals surface area contributed by atoms with Crippen LogP contribution in [0.25, 0.3) is 0 Å². The molecule has 1 aliphatic rings. The van der Waals surface area contributed by atoms with Gasteiger partial charge in [0, 0.05) is 17.3 Å². The first-order chi connectivity index (χ1) is 16.3. The van der Waals surface area contributed by atoms with Gasteiger partial charge in [-0.3, -0.25) is 10.1 Å². The van der Waals surface area contributed by atoms with Crippen LogP contribution in [0.2, 0.25) is 0 Å². The predicted octanol–water partition coefficient (Wildman–Crippen LogP) is 3.45. The molecule has 34 heavy (non-hydrogen) atoms. The van der Waals surface area contributed by atoms with Crippen LogP contribution in [0, 0.1) is 0 Å². The fraction of sp³-hybridized carbons (Fsp3) is 0.391. The number of thiocarbonyl (C=S) groups is 1. The second kappa shape index (κ2) is 11.5. The van der Waals surface area contributed by atoms with Crippen LogP contribution in [0.5, 0.6) is 17.2 Å². The monoisotopic (exact) mass is 507 g/mol. The Morgan fingerprint density at radius 3 is 2.06 bits per heavy atom. The highest BCUT2D eigenvalue weighted by Crippen LogP contribution is 2.38. The summed E-state index contributed by atoms with van der Waals surface area (Å²) in [5.74, 6) is 0.567. The maximum atomic E-state index is 12.7. The van der Waals surface area contributed by atoms with Crippen LogP contribution < -0.4 is 29.6 Å². The van der Waals surface area contributed by atoms with Crippen molar-refractivity contribution in [3.05, 3.63) is 42.0 Å². The molecule has 9 nitrogen and oxygen atoms in total. The molecule has 0 atom stereocenters. The molecule has 0 aromatic heterocycles. The van der Waals surface area contributed by atoms with Crippen LogP contribution in [-0.4, -0.2) is 46.8 Å². The highest BCUT2D eigenvalue weighted by Gasteiger charge is 2.22. The molecular formula is C23H29N3O6S2. The number of nitrogens with one attached hydrogen (secondary N) is 3. The van der Waals surface area contributed by atoms with Crippen molar-refractivity contribution < 1.29 is 27.4 Å². The van der Waals surface area contributed by atoms with Gasteiger partial charge in [-0.2, -0.15) is 0 Å². The molecule has 1 fully saturated rings. The van der Waals surface area contributed by atoms with Crippen LogP contribution in [0.3, 0.4) is 0 Å². The van der Waals surface area contributed by atoms with Gasteiger partial charge in [0.1, 0.15) is 0 Å². The van der Waals surface area contributed by atoms with Crippen LogP contribution in [0.4, 0.5) is 5.69 Å². The Morgan fingerprint density at radius 2 is 1.53 bits per heavy atom. The van der Waals surface area contributed by atoms with Gasteiger partial charge < -0.3 is 19.5 Å². The topological polar surface area (TPSA) is 115 Å². The fourth-order valence-electron chi connectivity index (χ4n) is 3.78. The van der Waals surface area contributed by atoms with Gasteiger partial charge in [0.2, 0.25) is 15.8 Å². The number of methoxy groups -OCH3 is 3. The average molecular weight is 508 g/mol. The Morgan fingerprint density at radius 1 is 0.941 bits per heavy atom. The average Bonchev–Trinajstić information content (AvgIpc) is 2.83. The summed E-state index contributed by atoms with van der Waals surface area (Å²) in [5, 5.41) is 5.51. The first-order valence-corrected chi connectivity index (χ1v) is 12.7. The zero-order chi connectivity index (χ0) is 24.7.